The normalized spacial score (nSPS) is 19.2. The molecule has 24 heavy (non-hydrogen) atoms. The van der Waals surface area contributed by atoms with Crippen LogP contribution < -0.4 is 0 Å². The fraction of sp³-hybridized carbons (Fsp3) is 0.278. The van der Waals surface area contributed by atoms with Crippen LogP contribution in [0, 0.1) is 0 Å². The van der Waals surface area contributed by atoms with Crippen molar-refractivity contribution < 1.29 is 19.0 Å². The highest BCUT2D eigenvalue weighted by atomic mass is 35.5. The summed E-state index contributed by atoms with van der Waals surface area (Å²) in [6.45, 7) is 1.80. The van der Waals surface area contributed by atoms with Crippen LogP contribution in [0.25, 0.3) is 0 Å². The molecule has 0 unspecified atom stereocenters. The van der Waals surface area contributed by atoms with Crippen LogP contribution in [0.4, 0.5) is 0 Å². The van der Waals surface area contributed by atoms with Crippen LogP contribution in [-0.4, -0.2) is 25.3 Å². The summed E-state index contributed by atoms with van der Waals surface area (Å²) in [6.07, 6.45) is -0.361. The minimum absolute atomic E-state index is 0.137. The van der Waals surface area contributed by atoms with Crippen LogP contribution in [0.2, 0.25) is 10.0 Å². The van der Waals surface area contributed by atoms with Gasteiger partial charge in [0.05, 0.1) is 6.61 Å². The quantitative estimate of drug-likeness (QED) is 0.761. The van der Waals surface area contributed by atoms with Gasteiger partial charge >= 0.3 is 5.97 Å². The van der Waals surface area contributed by atoms with Gasteiger partial charge in [0.25, 0.3) is 0 Å². The van der Waals surface area contributed by atoms with E-state index in [9.17, 15) is 4.79 Å². The lowest BCUT2D eigenvalue weighted by molar-refractivity contribution is -0.158. The summed E-state index contributed by atoms with van der Waals surface area (Å²) in [7, 11) is 0. The molecule has 4 nitrogen and oxygen atoms in total. The Labute approximate surface area is 150 Å². The van der Waals surface area contributed by atoms with Crippen molar-refractivity contribution in [1.82, 2.24) is 0 Å². The molecule has 6 heteroatoms. The van der Waals surface area contributed by atoms with Crippen molar-refractivity contribution in [3.05, 3.63) is 69.7 Å². The predicted molar refractivity (Wildman–Crippen MR) is 91.1 cm³/mol. The predicted octanol–water partition coefficient (Wildman–Crippen LogP) is 4.17. The third-order valence-electron chi connectivity index (χ3n) is 3.73. The maximum Gasteiger partial charge on any atom is 0.302 e. The van der Waals surface area contributed by atoms with Gasteiger partial charge in [0.2, 0.25) is 5.79 Å². The molecule has 1 saturated heterocycles. The molecule has 0 spiro atoms. The topological polar surface area (TPSA) is 44.8 Å². The van der Waals surface area contributed by atoms with E-state index in [1.165, 1.54) is 6.92 Å². The zero-order valence-electron chi connectivity index (χ0n) is 13.0. The largest absolute Gasteiger partial charge is 0.463 e. The lowest BCUT2D eigenvalue weighted by atomic mass is 9.97. The average molecular weight is 367 g/mol. The Hall–Kier alpha value is -1.59. The summed E-state index contributed by atoms with van der Waals surface area (Å²) in [4.78, 5) is 11.0. The maximum atomic E-state index is 11.0. The SMILES string of the molecule is CC(=O)OC[C@@H]1COC(c2ccc(Cl)cc2)(c2ccc(Cl)cc2)O1. The van der Waals surface area contributed by atoms with Crippen molar-refractivity contribution >= 4 is 29.2 Å². The molecule has 1 aliphatic rings. The van der Waals surface area contributed by atoms with Gasteiger partial charge in [0.1, 0.15) is 12.7 Å². The van der Waals surface area contributed by atoms with Crippen LogP contribution in [0.3, 0.4) is 0 Å². The molecule has 1 atom stereocenters. The number of carbonyl (C=O) groups is 1. The van der Waals surface area contributed by atoms with Crippen LogP contribution in [0.15, 0.2) is 48.5 Å². The second-order valence-electron chi connectivity index (χ2n) is 5.48. The van der Waals surface area contributed by atoms with E-state index in [0.29, 0.717) is 16.7 Å². The number of hydrogen-bond acceptors (Lipinski definition) is 4. The highest BCUT2D eigenvalue weighted by Gasteiger charge is 2.45. The minimum Gasteiger partial charge on any atom is -0.463 e. The molecule has 0 aliphatic carbocycles. The molecule has 0 aromatic heterocycles. The Morgan fingerprint density at radius 1 is 1.08 bits per heavy atom. The first-order valence-corrected chi connectivity index (χ1v) is 8.22. The van der Waals surface area contributed by atoms with Crippen molar-refractivity contribution in [1.29, 1.82) is 0 Å². The van der Waals surface area contributed by atoms with Crippen molar-refractivity contribution in [2.75, 3.05) is 13.2 Å². The maximum absolute atomic E-state index is 11.0. The molecule has 0 N–H and O–H groups in total. The molecule has 1 heterocycles. The van der Waals surface area contributed by atoms with Gasteiger partial charge in [0, 0.05) is 28.1 Å². The van der Waals surface area contributed by atoms with E-state index < -0.39 is 5.79 Å². The molecule has 3 rings (SSSR count). The number of esters is 1. The van der Waals surface area contributed by atoms with Gasteiger partial charge in [0.15, 0.2) is 0 Å². The van der Waals surface area contributed by atoms with Crippen molar-refractivity contribution in [3.63, 3.8) is 0 Å². The van der Waals surface area contributed by atoms with Gasteiger partial charge in [-0.25, -0.2) is 0 Å². The molecular weight excluding hydrogens is 351 g/mol. The van der Waals surface area contributed by atoms with Crippen LogP contribution in [-0.2, 0) is 24.8 Å². The fourth-order valence-electron chi connectivity index (χ4n) is 2.61. The van der Waals surface area contributed by atoms with Crippen molar-refractivity contribution in [2.24, 2.45) is 0 Å². The molecule has 1 fully saturated rings. The first-order chi connectivity index (χ1) is 11.5. The number of carbonyl (C=O) groups excluding carboxylic acids is 1. The smallest absolute Gasteiger partial charge is 0.302 e. The fourth-order valence-corrected chi connectivity index (χ4v) is 2.87. The Morgan fingerprint density at radius 3 is 2.04 bits per heavy atom. The molecule has 0 radical (unpaired) electrons. The zero-order chi connectivity index (χ0) is 17.2. The molecule has 2 aromatic rings. The molecular formula is C18H16Cl2O4. The monoisotopic (exact) mass is 366 g/mol. The van der Waals surface area contributed by atoms with Gasteiger partial charge in [-0.05, 0) is 24.3 Å². The third kappa shape index (κ3) is 3.57. The van der Waals surface area contributed by atoms with Crippen LogP contribution in [0.5, 0.6) is 0 Å². The van der Waals surface area contributed by atoms with Crippen molar-refractivity contribution in [3.8, 4) is 0 Å². The summed E-state index contributed by atoms with van der Waals surface area (Å²) in [5.41, 5.74) is 1.61. The zero-order valence-corrected chi connectivity index (χ0v) is 14.5. The lowest BCUT2D eigenvalue weighted by Crippen LogP contribution is -2.30. The molecule has 2 aromatic carbocycles. The second-order valence-corrected chi connectivity index (χ2v) is 6.36. The van der Waals surface area contributed by atoms with Gasteiger partial charge in [-0.1, -0.05) is 47.5 Å². The first-order valence-electron chi connectivity index (χ1n) is 7.47. The lowest BCUT2D eigenvalue weighted by Gasteiger charge is -2.29. The number of benzene rings is 2. The number of hydrogen-bond donors (Lipinski definition) is 0. The first kappa shape index (κ1) is 17.2. The molecule has 0 bridgehead atoms. The Morgan fingerprint density at radius 2 is 1.58 bits per heavy atom. The average Bonchev–Trinajstić information content (AvgIpc) is 3.00. The standard InChI is InChI=1S/C18H16Cl2O4/c1-12(21)22-10-17-11-23-18(24-17,13-2-6-15(19)7-3-13)14-4-8-16(20)9-5-14/h2-9,17H,10-11H2,1H3/t17-/m1/s1. The second kappa shape index (κ2) is 7.11. The van der Waals surface area contributed by atoms with E-state index in [-0.39, 0.29) is 18.7 Å². The summed E-state index contributed by atoms with van der Waals surface area (Å²) in [5, 5.41) is 1.25. The van der Waals surface area contributed by atoms with E-state index >= 15 is 0 Å². The number of rotatable bonds is 4. The van der Waals surface area contributed by atoms with Gasteiger partial charge in [-0.15, -0.1) is 0 Å². The van der Waals surface area contributed by atoms with Crippen LogP contribution >= 0.6 is 23.2 Å². The molecule has 0 saturated carbocycles. The van der Waals surface area contributed by atoms with Crippen molar-refractivity contribution in [2.45, 2.75) is 18.8 Å². The van der Waals surface area contributed by atoms with Gasteiger partial charge in [-0.2, -0.15) is 0 Å². The van der Waals surface area contributed by atoms with E-state index in [4.69, 9.17) is 37.4 Å². The molecule has 126 valence electrons. The minimum atomic E-state index is -1.08. The Kier molecular flexibility index (Phi) is 5.11. The highest BCUT2D eigenvalue weighted by molar-refractivity contribution is 6.30. The highest BCUT2D eigenvalue weighted by Crippen LogP contribution is 2.41. The van der Waals surface area contributed by atoms with E-state index in [2.05, 4.69) is 0 Å². The van der Waals surface area contributed by atoms with E-state index in [1.807, 2.05) is 24.3 Å². The number of halogens is 2. The molecule has 1 aliphatic heterocycles. The Balaban J connectivity index is 1.94. The van der Waals surface area contributed by atoms with E-state index in [0.717, 1.165) is 11.1 Å². The summed E-state index contributed by atoms with van der Waals surface area (Å²) in [6, 6.07) is 14.5. The van der Waals surface area contributed by atoms with Crippen LogP contribution in [0.1, 0.15) is 18.1 Å². The number of ether oxygens (including phenoxy) is 3. The molecule has 0 amide bonds. The third-order valence-corrected chi connectivity index (χ3v) is 4.23. The van der Waals surface area contributed by atoms with Gasteiger partial charge < -0.3 is 14.2 Å². The Bertz CT molecular complexity index is 667. The van der Waals surface area contributed by atoms with Gasteiger partial charge in [-0.3, -0.25) is 4.79 Å². The van der Waals surface area contributed by atoms with E-state index in [1.54, 1.807) is 24.3 Å². The summed E-state index contributed by atoms with van der Waals surface area (Å²) < 4.78 is 17.2. The summed E-state index contributed by atoms with van der Waals surface area (Å²) in [5.74, 6) is -1.44. The summed E-state index contributed by atoms with van der Waals surface area (Å²) >= 11 is 12.0.